The van der Waals surface area contributed by atoms with Gasteiger partial charge < -0.3 is 26.4 Å². The molecule has 2 saturated heterocycles. The van der Waals surface area contributed by atoms with Crippen LogP contribution in [-0.4, -0.2) is 60.5 Å². The Labute approximate surface area is 226 Å². The van der Waals surface area contributed by atoms with Gasteiger partial charge >= 0.3 is 0 Å². The van der Waals surface area contributed by atoms with E-state index < -0.39 is 0 Å². The molecule has 5 nitrogen and oxygen atoms in total. The average molecular weight is 519 g/mol. The second kappa shape index (κ2) is 16.9. The highest BCUT2D eigenvalue weighted by Crippen LogP contribution is 2.49. The molecule has 0 spiro atoms. The van der Waals surface area contributed by atoms with Crippen LogP contribution in [-0.2, 0) is 12.8 Å². The third-order valence-corrected chi connectivity index (χ3v) is 8.11. The van der Waals surface area contributed by atoms with E-state index in [9.17, 15) is 0 Å². The van der Waals surface area contributed by atoms with Crippen LogP contribution < -0.4 is 16.4 Å². The molecule has 0 amide bonds. The van der Waals surface area contributed by atoms with Gasteiger partial charge in [-0.3, -0.25) is 0 Å². The molecule has 1 aromatic carbocycles. The van der Waals surface area contributed by atoms with Crippen LogP contribution in [0.15, 0.2) is 61.5 Å². The van der Waals surface area contributed by atoms with Crippen LogP contribution in [0, 0.1) is 5.41 Å². The number of hydrogen-bond donors (Lipinski definition) is 4. The second-order valence-electron chi connectivity index (χ2n) is 9.94. The van der Waals surface area contributed by atoms with E-state index in [1.165, 1.54) is 37.1 Å². The molecule has 3 aliphatic rings. The molecule has 6 heteroatoms. The first-order valence-electron chi connectivity index (χ1n) is 12.7. The molecule has 206 valence electrons. The number of fused-ring (bicyclic) bond motifs is 2. The van der Waals surface area contributed by atoms with E-state index >= 15 is 0 Å². The number of likely N-dealkylation sites (N-methyl/N-ethyl adjacent to an activating group) is 2. The van der Waals surface area contributed by atoms with Crippen molar-refractivity contribution in [3.63, 3.8) is 0 Å². The molecule has 2 heterocycles. The van der Waals surface area contributed by atoms with Crippen molar-refractivity contribution in [2.75, 3.05) is 27.0 Å². The van der Waals surface area contributed by atoms with Crippen molar-refractivity contribution in [2.24, 2.45) is 11.1 Å². The molecule has 0 saturated carbocycles. The maximum Gasteiger partial charge on any atom is 0.0761 e. The van der Waals surface area contributed by atoms with Crippen LogP contribution in [0.4, 0.5) is 0 Å². The maximum absolute atomic E-state index is 7.00. The van der Waals surface area contributed by atoms with Gasteiger partial charge in [0.2, 0.25) is 0 Å². The van der Waals surface area contributed by atoms with Crippen molar-refractivity contribution in [2.45, 2.75) is 83.8 Å². The minimum Gasteiger partial charge on any atom is -0.400 e. The lowest BCUT2D eigenvalue weighted by Crippen LogP contribution is -2.45. The fourth-order valence-corrected chi connectivity index (χ4v) is 6.57. The van der Waals surface area contributed by atoms with Crippen molar-refractivity contribution in [3.8, 4) is 0 Å². The molecule has 36 heavy (non-hydrogen) atoms. The Hall–Kier alpha value is -1.73. The van der Waals surface area contributed by atoms with Gasteiger partial charge in [-0.1, -0.05) is 64.8 Å². The molecule has 1 aromatic rings. The summed E-state index contributed by atoms with van der Waals surface area (Å²) in [5, 5.41) is 14.2. The zero-order valence-corrected chi connectivity index (χ0v) is 23.8. The predicted octanol–water partition coefficient (Wildman–Crippen LogP) is 5.32. The van der Waals surface area contributed by atoms with Gasteiger partial charge in [-0.15, -0.1) is 18.3 Å². The highest BCUT2D eigenvalue weighted by molar-refractivity contribution is 7.99. The monoisotopic (exact) mass is 518 g/mol. The van der Waals surface area contributed by atoms with Crippen molar-refractivity contribution in [3.05, 3.63) is 72.6 Å². The molecule has 4 atom stereocenters. The van der Waals surface area contributed by atoms with E-state index in [0.717, 1.165) is 19.2 Å². The highest BCUT2D eigenvalue weighted by Gasteiger charge is 2.49. The zero-order valence-electron chi connectivity index (χ0n) is 22.9. The lowest BCUT2D eigenvalue weighted by molar-refractivity contribution is 0.230. The Morgan fingerprint density at radius 3 is 2.19 bits per heavy atom. The number of nitrogens with two attached hydrogens (primary N) is 1. The molecule has 0 bridgehead atoms. The van der Waals surface area contributed by atoms with Gasteiger partial charge in [0.25, 0.3) is 0 Å². The second-order valence-corrected chi connectivity index (χ2v) is 11.2. The van der Waals surface area contributed by atoms with Crippen LogP contribution in [0.1, 0.15) is 58.6 Å². The standard InChI is InChI=1S/C15H27N3S.C9H10.C4H9N.CH4O.CH4/c1-10(16-5)14-15(3,4)9-13-18(14)11(2)12(17-6)7-8-19-13;1-2-5-9-7-3-6-8(9)4-1;1-3-4(2)5;1-2;/h12-14,16-17H,1-2,7-9H2,3-6H3;1-2,4-5H,3,6-7H2;3-4H,1,5H2,2H3;2H,1H3;1H4/t;;4-;;/m..0../s1. The number of rotatable bonds is 4. The van der Waals surface area contributed by atoms with E-state index in [0.29, 0.717) is 17.5 Å². The van der Waals surface area contributed by atoms with Crippen molar-refractivity contribution < 1.29 is 5.11 Å². The van der Waals surface area contributed by atoms with Gasteiger partial charge in [-0.05, 0) is 68.4 Å². The summed E-state index contributed by atoms with van der Waals surface area (Å²) in [4.78, 5) is 2.51. The topological polar surface area (TPSA) is 73.5 Å². The van der Waals surface area contributed by atoms with Crippen LogP contribution in [0.3, 0.4) is 0 Å². The Balaban J connectivity index is 0.000000597. The summed E-state index contributed by atoms with van der Waals surface area (Å²) in [6.45, 7) is 18.6. The minimum atomic E-state index is 0. The van der Waals surface area contributed by atoms with Crippen LogP contribution in [0.2, 0.25) is 0 Å². The number of nitrogens with zero attached hydrogens (tertiary/aromatic N) is 1. The quantitative estimate of drug-likeness (QED) is 0.404. The Morgan fingerprint density at radius 2 is 1.75 bits per heavy atom. The summed E-state index contributed by atoms with van der Waals surface area (Å²) in [5.41, 5.74) is 10.9. The smallest absolute Gasteiger partial charge is 0.0761 e. The van der Waals surface area contributed by atoms with Gasteiger partial charge in [-0.2, -0.15) is 0 Å². The van der Waals surface area contributed by atoms with Gasteiger partial charge in [0.05, 0.1) is 11.4 Å². The maximum atomic E-state index is 7.00. The number of aliphatic hydroxyl groups excluding tert-OH is 1. The minimum absolute atomic E-state index is 0. The third-order valence-electron chi connectivity index (χ3n) is 6.86. The van der Waals surface area contributed by atoms with Crippen LogP contribution >= 0.6 is 11.8 Å². The van der Waals surface area contributed by atoms with Crippen LogP contribution in [0.5, 0.6) is 0 Å². The largest absolute Gasteiger partial charge is 0.400 e. The van der Waals surface area contributed by atoms with E-state index in [1.807, 2.05) is 21.0 Å². The Morgan fingerprint density at radius 1 is 1.22 bits per heavy atom. The molecule has 0 radical (unpaired) electrons. The van der Waals surface area contributed by atoms with E-state index in [4.69, 9.17) is 10.8 Å². The number of nitrogens with one attached hydrogen (secondary N) is 2. The van der Waals surface area contributed by atoms with Gasteiger partial charge in [0.15, 0.2) is 0 Å². The summed E-state index contributed by atoms with van der Waals surface area (Å²) in [5.74, 6) is 1.19. The molecule has 4 rings (SSSR count). The molecule has 1 aliphatic carbocycles. The summed E-state index contributed by atoms with van der Waals surface area (Å²) >= 11 is 2.07. The fourth-order valence-electron chi connectivity index (χ4n) is 4.96. The van der Waals surface area contributed by atoms with E-state index in [1.54, 1.807) is 17.2 Å². The van der Waals surface area contributed by atoms with Crippen LogP contribution in [0.25, 0.3) is 0 Å². The number of hydrogen-bond acceptors (Lipinski definition) is 6. The molecule has 2 fully saturated rings. The van der Waals surface area contributed by atoms with Gasteiger partial charge in [-0.25, -0.2) is 0 Å². The molecule has 3 unspecified atom stereocenters. The van der Waals surface area contributed by atoms with Gasteiger partial charge in [0, 0.05) is 37.6 Å². The number of aliphatic hydroxyl groups is 1. The third kappa shape index (κ3) is 9.29. The molecule has 0 aromatic heterocycles. The first-order valence-corrected chi connectivity index (χ1v) is 13.7. The molecular weight excluding hydrogens is 464 g/mol. The SMILES string of the molecule is C.C=C(NC)C1N2C(=C)C(NC)CCSC2CC1(C)C.C=C[C@H](C)N.CO.c1ccc2c(c1)CCC2. The van der Waals surface area contributed by atoms with Crippen molar-refractivity contribution in [1.82, 2.24) is 15.5 Å². The Bertz CT molecular complexity index is 785. The highest BCUT2D eigenvalue weighted by atomic mass is 32.2. The lowest BCUT2D eigenvalue weighted by atomic mass is 9.83. The first kappa shape index (κ1) is 34.3. The van der Waals surface area contributed by atoms with E-state index in [2.05, 4.69) is 85.1 Å². The number of benzene rings is 1. The molecular formula is C30H54N4OS. The molecule has 5 N–H and O–H groups in total. The summed E-state index contributed by atoms with van der Waals surface area (Å²) in [6.07, 6.45) is 8.01. The summed E-state index contributed by atoms with van der Waals surface area (Å²) in [7, 11) is 5.00. The van der Waals surface area contributed by atoms with Crippen molar-refractivity contribution >= 4 is 11.8 Å². The molecule has 2 aliphatic heterocycles. The summed E-state index contributed by atoms with van der Waals surface area (Å²) < 4.78 is 0. The Kier molecular flexibility index (Phi) is 16.1. The fraction of sp³-hybridized carbons (Fsp3) is 0.600. The average Bonchev–Trinajstić information content (AvgIpc) is 3.40. The summed E-state index contributed by atoms with van der Waals surface area (Å²) in [6, 6.07) is 9.60. The normalized spacial score (nSPS) is 23.8. The van der Waals surface area contributed by atoms with Gasteiger partial charge in [0.1, 0.15) is 0 Å². The number of aryl methyl sites for hydroxylation is 2. The van der Waals surface area contributed by atoms with E-state index in [-0.39, 0.29) is 18.9 Å². The van der Waals surface area contributed by atoms with Crippen molar-refractivity contribution in [1.29, 1.82) is 0 Å². The predicted molar refractivity (Wildman–Crippen MR) is 162 cm³/mol. The zero-order chi connectivity index (χ0) is 26.6. The number of thioether (sulfide) groups is 1. The first-order chi connectivity index (χ1) is 16.7. The lowest BCUT2D eigenvalue weighted by Gasteiger charge is -2.39.